The van der Waals surface area contributed by atoms with Crippen molar-refractivity contribution in [1.29, 1.82) is 0 Å². The van der Waals surface area contributed by atoms with Crippen molar-refractivity contribution in [2.24, 2.45) is 11.3 Å². The Morgan fingerprint density at radius 3 is 2.95 bits per heavy atom. The molecule has 1 heterocycles. The van der Waals surface area contributed by atoms with Gasteiger partial charge in [-0.3, -0.25) is 4.79 Å². The van der Waals surface area contributed by atoms with E-state index < -0.39 is 6.10 Å². The second kappa shape index (κ2) is 6.80. The van der Waals surface area contributed by atoms with E-state index in [1.807, 2.05) is 18.2 Å². The Hall–Kier alpha value is -1.39. The van der Waals surface area contributed by atoms with Crippen molar-refractivity contribution in [3.8, 4) is 0 Å². The fourth-order valence-electron chi connectivity index (χ4n) is 3.44. The highest BCUT2D eigenvalue weighted by Crippen LogP contribution is 2.57. The number of aliphatic hydroxyl groups is 1. The molecule has 2 N–H and O–H groups in total. The van der Waals surface area contributed by atoms with Crippen molar-refractivity contribution in [2.45, 2.75) is 38.2 Å². The maximum atomic E-state index is 11.9. The van der Waals surface area contributed by atoms with E-state index >= 15 is 0 Å². The van der Waals surface area contributed by atoms with Crippen LogP contribution in [0.2, 0.25) is 0 Å². The summed E-state index contributed by atoms with van der Waals surface area (Å²) in [6, 6.07) is 10.2. The molecule has 1 saturated carbocycles. The summed E-state index contributed by atoms with van der Waals surface area (Å²) >= 11 is 0. The molecule has 120 valence electrons. The molecule has 1 aliphatic heterocycles. The zero-order chi connectivity index (χ0) is 15.4. The van der Waals surface area contributed by atoms with Crippen LogP contribution in [0, 0.1) is 11.3 Å². The van der Waals surface area contributed by atoms with E-state index in [1.165, 1.54) is 5.56 Å². The molecule has 1 amide bonds. The topological polar surface area (TPSA) is 58.6 Å². The van der Waals surface area contributed by atoms with Crippen molar-refractivity contribution < 1.29 is 14.6 Å². The van der Waals surface area contributed by atoms with Gasteiger partial charge < -0.3 is 15.2 Å². The Morgan fingerprint density at radius 1 is 1.41 bits per heavy atom. The summed E-state index contributed by atoms with van der Waals surface area (Å²) in [6.45, 7) is 2.37. The van der Waals surface area contributed by atoms with E-state index in [-0.39, 0.29) is 5.91 Å². The summed E-state index contributed by atoms with van der Waals surface area (Å²) in [5.74, 6) is 0.310. The molecule has 0 radical (unpaired) electrons. The molecule has 3 rings (SSSR count). The van der Waals surface area contributed by atoms with Crippen molar-refractivity contribution >= 4 is 5.91 Å². The lowest BCUT2D eigenvalue weighted by Gasteiger charge is -2.12. The highest BCUT2D eigenvalue weighted by atomic mass is 16.5. The van der Waals surface area contributed by atoms with E-state index in [1.54, 1.807) is 0 Å². The number of hydrogen-bond acceptors (Lipinski definition) is 3. The SMILES string of the molecule is O=C(NCC1CC12CCOC2)C(O)CCCc1ccccc1. The molecular formula is C18H25NO3. The van der Waals surface area contributed by atoms with Crippen LogP contribution in [0.4, 0.5) is 0 Å². The Morgan fingerprint density at radius 2 is 2.23 bits per heavy atom. The summed E-state index contributed by atoms with van der Waals surface area (Å²) in [5.41, 5.74) is 1.59. The van der Waals surface area contributed by atoms with Gasteiger partial charge in [-0.2, -0.15) is 0 Å². The Bertz CT molecular complexity index is 496. The molecule has 4 heteroatoms. The maximum Gasteiger partial charge on any atom is 0.248 e. The van der Waals surface area contributed by atoms with Crippen LogP contribution in [0.15, 0.2) is 30.3 Å². The number of benzene rings is 1. The fourth-order valence-corrected chi connectivity index (χ4v) is 3.44. The molecule has 1 spiro atoms. The highest BCUT2D eigenvalue weighted by Gasteiger charge is 2.55. The predicted molar refractivity (Wildman–Crippen MR) is 84.4 cm³/mol. The Balaban J connectivity index is 1.32. The second-order valence-corrected chi connectivity index (χ2v) is 6.70. The van der Waals surface area contributed by atoms with Gasteiger partial charge in [-0.25, -0.2) is 0 Å². The minimum Gasteiger partial charge on any atom is -0.383 e. The standard InChI is InChI=1S/C18H25NO3/c20-16(8-4-7-14-5-2-1-3-6-14)17(21)19-12-15-11-18(15)9-10-22-13-18/h1-3,5-6,15-16,20H,4,7-13H2,(H,19,21). The lowest BCUT2D eigenvalue weighted by atomic mass is 10.0. The van der Waals surface area contributed by atoms with Crippen LogP contribution < -0.4 is 5.32 Å². The van der Waals surface area contributed by atoms with Gasteiger partial charge in [-0.05, 0) is 43.6 Å². The highest BCUT2D eigenvalue weighted by molar-refractivity contribution is 5.80. The Kier molecular flexibility index (Phi) is 4.79. The van der Waals surface area contributed by atoms with E-state index in [2.05, 4.69) is 17.4 Å². The summed E-state index contributed by atoms with van der Waals surface area (Å²) < 4.78 is 5.44. The predicted octanol–water partition coefficient (Wildman–Crippen LogP) is 1.91. The zero-order valence-corrected chi connectivity index (χ0v) is 13.0. The largest absolute Gasteiger partial charge is 0.383 e. The molecule has 3 unspecified atom stereocenters. The average Bonchev–Trinajstić information content (AvgIpc) is 2.98. The maximum absolute atomic E-state index is 11.9. The molecule has 4 nitrogen and oxygen atoms in total. The van der Waals surface area contributed by atoms with Crippen molar-refractivity contribution in [3.05, 3.63) is 35.9 Å². The third kappa shape index (κ3) is 3.68. The molecule has 0 aromatic heterocycles. The summed E-state index contributed by atoms with van der Waals surface area (Å²) in [7, 11) is 0. The molecule has 1 saturated heterocycles. The first kappa shape index (κ1) is 15.5. The second-order valence-electron chi connectivity index (χ2n) is 6.70. The first-order chi connectivity index (χ1) is 10.7. The molecular weight excluding hydrogens is 278 g/mol. The molecule has 1 aromatic carbocycles. The third-order valence-corrected chi connectivity index (χ3v) is 5.10. The van der Waals surface area contributed by atoms with E-state index in [4.69, 9.17) is 4.74 Å². The minimum absolute atomic E-state index is 0.228. The molecule has 3 atom stereocenters. The number of ether oxygens (including phenoxy) is 1. The number of nitrogens with one attached hydrogen (secondary N) is 1. The first-order valence-corrected chi connectivity index (χ1v) is 8.27. The van der Waals surface area contributed by atoms with Gasteiger partial charge in [-0.15, -0.1) is 0 Å². The van der Waals surface area contributed by atoms with E-state index in [0.29, 0.717) is 24.3 Å². The summed E-state index contributed by atoms with van der Waals surface area (Å²) in [6.07, 6.45) is 3.61. The third-order valence-electron chi connectivity index (χ3n) is 5.10. The summed E-state index contributed by atoms with van der Waals surface area (Å²) in [5, 5.41) is 12.8. The van der Waals surface area contributed by atoms with Gasteiger partial charge in [0.15, 0.2) is 0 Å². The van der Waals surface area contributed by atoms with Crippen LogP contribution in [0.5, 0.6) is 0 Å². The number of carbonyl (C=O) groups is 1. The van der Waals surface area contributed by atoms with E-state index in [0.717, 1.165) is 38.9 Å². The van der Waals surface area contributed by atoms with Gasteiger partial charge in [0.2, 0.25) is 5.91 Å². The molecule has 1 aliphatic carbocycles. The van der Waals surface area contributed by atoms with Crippen LogP contribution in [-0.2, 0) is 16.0 Å². The number of aryl methyl sites for hydroxylation is 1. The Labute approximate surface area is 131 Å². The minimum atomic E-state index is -0.891. The van der Waals surface area contributed by atoms with Gasteiger partial charge in [0.1, 0.15) is 6.10 Å². The molecule has 2 fully saturated rings. The molecule has 22 heavy (non-hydrogen) atoms. The normalized spacial score (nSPS) is 27.8. The number of carbonyl (C=O) groups excluding carboxylic acids is 1. The van der Waals surface area contributed by atoms with Gasteiger partial charge in [0.05, 0.1) is 6.61 Å². The number of rotatable bonds is 7. The summed E-state index contributed by atoms with van der Waals surface area (Å²) in [4.78, 5) is 11.9. The van der Waals surface area contributed by atoms with Crippen molar-refractivity contribution in [2.75, 3.05) is 19.8 Å². The monoisotopic (exact) mass is 303 g/mol. The molecule has 1 aromatic rings. The zero-order valence-electron chi connectivity index (χ0n) is 13.0. The van der Waals surface area contributed by atoms with Gasteiger partial charge >= 0.3 is 0 Å². The van der Waals surface area contributed by atoms with E-state index in [9.17, 15) is 9.90 Å². The van der Waals surface area contributed by atoms with Crippen LogP contribution in [-0.4, -0.2) is 36.9 Å². The van der Waals surface area contributed by atoms with Crippen LogP contribution >= 0.6 is 0 Å². The lowest BCUT2D eigenvalue weighted by molar-refractivity contribution is -0.129. The van der Waals surface area contributed by atoms with Crippen LogP contribution in [0.3, 0.4) is 0 Å². The van der Waals surface area contributed by atoms with Crippen molar-refractivity contribution in [1.82, 2.24) is 5.32 Å². The number of amides is 1. The first-order valence-electron chi connectivity index (χ1n) is 8.27. The average molecular weight is 303 g/mol. The van der Waals surface area contributed by atoms with Gasteiger partial charge in [0.25, 0.3) is 0 Å². The van der Waals surface area contributed by atoms with Crippen LogP contribution in [0.1, 0.15) is 31.2 Å². The lowest BCUT2D eigenvalue weighted by Crippen LogP contribution is -2.36. The van der Waals surface area contributed by atoms with Gasteiger partial charge in [-0.1, -0.05) is 30.3 Å². The molecule has 0 bridgehead atoms. The fraction of sp³-hybridized carbons (Fsp3) is 0.611. The van der Waals surface area contributed by atoms with Crippen LogP contribution in [0.25, 0.3) is 0 Å². The quantitative estimate of drug-likeness (QED) is 0.809. The number of aliphatic hydroxyl groups excluding tert-OH is 1. The molecule has 2 aliphatic rings. The van der Waals surface area contributed by atoms with Gasteiger partial charge in [0, 0.05) is 18.6 Å². The van der Waals surface area contributed by atoms with Crippen molar-refractivity contribution in [3.63, 3.8) is 0 Å². The number of hydrogen-bond donors (Lipinski definition) is 2. The smallest absolute Gasteiger partial charge is 0.248 e.